The molecule has 10 aromatic carbocycles. The predicted molar refractivity (Wildman–Crippen MR) is 425 cm³/mol. The van der Waals surface area contributed by atoms with E-state index in [-0.39, 0.29) is 34.5 Å². The van der Waals surface area contributed by atoms with Crippen LogP contribution in [0.3, 0.4) is 0 Å². The summed E-state index contributed by atoms with van der Waals surface area (Å²) in [6.45, 7) is 0. The molecule has 0 spiro atoms. The first-order valence-electron chi connectivity index (χ1n) is 33.3. The number of hydrogen-bond donors (Lipinski definition) is 3. The highest BCUT2D eigenvalue weighted by Crippen LogP contribution is 2.54. The van der Waals surface area contributed by atoms with Gasteiger partial charge in [-0.25, -0.2) is 34.7 Å². The van der Waals surface area contributed by atoms with Crippen molar-refractivity contribution in [2.24, 2.45) is 0 Å². The number of fused-ring (bicyclic) bond motifs is 20. The molecule has 3 aromatic heterocycles. The lowest BCUT2D eigenvalue weighted by Crippen LogP contribution is -1.94. The molecule has 0 radical (unpaired) electrons. The fraction of sp³-hybridized carbons (Fsp3) is 0.148. The van der Waals surface area contributed by atoms with Gasteiger partial charge in [-0.2, -0.15) is 0 Å². The lowest BCUT2D eigenvalue weighted by Gasteiger charge is -2.14. The van der Waals surface area contributed by atoms with Gasteiger partial charge < -0.3 is 71.9 Å². The second kappa shape index (κ2) is 31.5. The standard InChI is InChI=1S/C81H66N8O14S6/c1-92-49-21-14-41(34-55(49)98-7)104-61-27-29-63(106-43-16-23-51(94-3)57(36-43)100-9)69-67(61)75-83-73-47-20-13-40(81(90)91)33-48(47)74(82-73)84-76-68-62(105-42-15-22-50(93-2)56(35-42)99-8)28-30-64(107-44-17-24-52(95-4)58(37-44)101-10)70(68)78(86-76)88-80-72-66(109-46-19-26-54(97-6)60(39-46)103-12)32-31-65(71(72)79(89-80)87-77(69)85-75)108-45-18-25-53(96-5)59(38-45)102-11/h13-39H,1-12H3,(H,90,91)(H2,82,83,84,85,86,87,88,89). The summed E-state index contributed by atoms with van der Waals surface area (Å²) in [5.74, 6) is 6.43. The van der Waals surface area contributed by atoms with Crippen LogP contribution in [-0.4, -0.2) is 136 Å². The Morgan fingerprint density at radius 1 is 0.266 bits per heavy atom. The Morgan fingerprint density at radius 3 is 0.771 bits per heavy atom. The molecule has 15 rings (SSSR count). The zero-order valence-corrected chi connectivity index (χ0v) is 65.4. The Kier molecular flexibility index (Phi) is 21.2. The molecule has 8 bridgehead atoms. The van der Waals surface area contributed by atoms with Gasteiger partial charge in [-0.1, -0.05) is 70.6 Å². The van der Waals surface area contributed by atoms with Crippen molar-refractivity contribution in [3.05, 3.63) is 169 Å². The number of nitrogens with one attached hydrogen (secondary N) is 2. The second-order valence-corrected chi connectivity index (χ2v) is 30.5. The Balaban J connectivity index is 1.12. The second-order valence-electron chi connectivity index (χ2n) is 23.8. The molecule has 0 amide bonds. The third-order valence-corrected chi connectivity index (χ3v) is 24.1. The maximum absolute atomic E-state index is 13.2. The smallest absolute Gasteiger partial charge is 0.335 e. The molecule has 0 unspecified atom stereocenters. The van der Waals surface area contributed by atoms with Gasteiger partial charge in [0.15, 0.2) is 92.3 Å². The van der Waals surface area contributed by atoms with Crippen LogP contribution in [0.5, 0.6) is 69.0 Å². The number of benzene rings is 10. The van der Waals surface area contributed by atoms with Crippen LogP contribution in [0.25, 0.3) is 89.7 Å². The number of carbonyl (C=O) groups is 1. The molecule has 5 heterocycles. The van der Waals surface area contributed by atoms with Crippen molar-refractivity contribution in [1.82, 2.24) is 39.9 Å². The molecule has 0 saturated heterocycles. The number of rotatable bonds is 25. The Labute approximate surface area is 650 Å². The summed E-state index contributed by atoms with van der Waals surface area (Å²) in [5.41, 5.74) is 3.82. The van der Waals surface area contributed by atoms with E-state index in [1.807, 2.05) is 127 Å². The molecule has 550 valence electrons. The van der Waals surface area contributed by atoms with E-state index >= 15 is 0 Å². The molecule has 13 aromatic rings. The Morgan fingerprint density at radius 2 is 0.505 bits per heavy atom. The average molecular weight is 1570 g/mol. The van der Waals surface area contributed by atoms with E-state index in [1.54, 1.807) is 104 Å². The van der Waals surface area contributed by atoms with E-state index in [2.05, 4.69) is 28.2 Å². The van der Waals surface area contributed by atoms with Crippen molar-refractivity contribution in [1.29, 1.82) is 0 Å². The third kappa shape index (κ3) is 14.3. The van der Waals surface area contributed by atoms with Crippen LogP contribution in [0.2, 0.25) is 0 Å². The van der Waals surface area contributed by atoms with Crippen molar-refractivity contribution in [2.75, 3.05) is 85.3 Å². The first kappa shape index (κ1) is 73.3. The summed E-state index contributed by atoms with van der Waals surface area (Å²) in [7, 11) is 19.2. The predicted octanol–water partition coefficient (Wildman–Crippen LogP) is 19.6. The molecular formula is C81H66N8O14S6. The van der Waals surface area contributed by atoms with Gasteiger partial charge in [0.05, 0.1) is 90.9 Å². The largest absolute Gasteiger partial charge is 0.493 e. The summed E-state index contributed by atoms with van der Waals surface area (Å²) in [6.07, 6.45) is 0. The average Bonchev–Trinajstić information content (AvgIpc) is 1.58. The van der Waals surface area contributed by atoms with Crippen molar-refractivity contribution in [2.45, 2.75) is 58.7 Å². The van der Waals surface area contributed by atoms with E-state index in [0.717, 1.165) is 58.7 Å². The van der Waals surface area contributed by atoms with Gasteiger partial charge in [0.25, 0.3) is 0 Å². The first-order valence-corrected chi connectivity index (χ1v) is 38.2. The van der Waals surface area contributed by atoms with E-state index in [9.17, 15) is 9.90 Å². The lowest BCUT2D eigenvalue weighted by molar-refractivity contribution is 0.0697. The minimum absolute atomic E-state index is 0.0118. The van der Waals surface area contributed by atoms with Gasteiger partial charge in [0, 0.05) is 103 Å². The number of carboxylic acids is 1. The third-order valence-electron chi connectivity index (χ3n) is 17.8. The van der Waals surface area contributed by atoms with Crippen LogP contribution in [-0.2, 0) is 0 Å². The van der Waals surface area contributed by atoms with Gasteiger partial charge in [0.2, 0.25) is 0 Å². The van der Waals surface area contributed by atoms with Crippen molar-refractivity contribution >= 4 is 121 Å². The molecular weight excluding hydrogens is 1500 g/mol. The molecule has 0 fully saturated rings. The summed E-state index contributed by atoms with van der Waals surface area (Å²) in [6, 6.07) is 51.7. The SMILES string of the molecule is COc1ccc(Sc2ccc(Sc3ccc(OC)c(OC)c3)c3c2-c2nc-3nc3[nH]c(nc4nc(nc5[nH]c(n2)c2ccc(C(=O)O)cc52)-c2c(Sc5ccc(OC)c(OC)c5)ccc(Sc5ccc(OC)c(OC)c5)c2-4)c2c(Sc4ccc(OC)c(OC)c4)ccc(Sc4ccc(OC)c(OC)c4)c32)cc1OC. The van der Waals surface area contributed by atoms with Crippen LogP contribution >= 0.6 is 70.6 Å². The monoisotopic (exact) mass is 1570 g/mol. The zero-order chi connectivity index (χ0) is 75.7. The summed E-state index contributed by atoms with van der Waals surface area (Å²) in [5, 5.41) is 13.1. The fourth-order valence-corrected chi connectivity index (χ4v) is 18.6. The number of H-pyrrole nitrogens is 2. The Hall–Kier alpha value is -11.3. The minimum atomic E-state index is -1.15. The molecule has 0 atom stereocenters. The molecule has 3 N–H and O–H groups in total. The number of carboxylic acid groups (broad SMARTS) is 1. The quantitative estimate of drug-likeness (QED) is 0.0480. The maximum atomic E-state index is 13.2. The normalized spacial score (nSPS) is 11.4. The lowest BCUT2D eigenvalue weighted by atomic mass is 10.1. The van der Waals surface area contributed by atoms with Crippen LogP contribution in [0.1, 0.15) is 10.4 Å². The number of aromatic carboxylic acids is 1. The van der Waals surface area contributed by atoms with E-state index in [0.29, 0.717) is 130 Å². The van der Waals surface area contributed by atoms with Crippen LogP contribution in [0, 0.1) is 0 Å². The molecule has 22 nitrogen and oxygen atoms in total. The van der Waals surface area contributed by atoms with E-state index in [1.165, 1.54) is 70.6 Å². The number of aromatic amines is 2. The van der Waals surface area contributed by atoms with Gasteiger partial charge >= 0.3 is 5.97 Å². The van der Waals surface area contributed by atoms with Crippen LogP contribution in [0.15, 0.2) is 223 Å². The van der Waals surface area contributed by atoms with Gasteiger partial charge in [-0.15, -0.1) is 0 Å². The molecule has 28 heteroatoms. The first-order chi connectivity index (χ1) is 53.2. The summed E-state index contributed by atoms with van der Waals surface area (Å²) in [4.78, 5) is 64.1. The van der Waals surface area contributed by atoms with E-state index in [4.69, 9.17) is 86.7 Å². The summed E-state index contributed by atoms with van der Waals surface area (Å²) >= 11 is 8.89. The van der Waals surface area contributed by atoms with E-state index < -0.39 is 5.97 Å². The zero-order valence-electron chi connectivity index (χ0n) is 60.5. The summed E-state index contributed by atoms with van der Waals surface area (Å²) < 4.78 is 69.8. The number of aromatic nitrogens is 8. The fourth-order valence-electron chi connectivity index (χ4n) is 12.7. The van der Waals surface area contributed by atoms with Crippen molar-refractivity contribution < 1.29 is 66.7 Å². The van der Waals surface area contributed by atoms with Crippen LogP contribution < -0.4 is 56.8 Å². The topological polar surface area (TPSA) is 257 Å². The number of ether oxygens (including phenoxy) is 12. The number of nitrogens with zero attached hydrogens (tertiary/aromatic N) is 6. The highest BCUT2D eigenvalue weighted by Gasteiger charge is 2.32. The highest BCUT2D eigenvalue weighted by molar-refractivity contribution is 8.01. The van der Waals surface area contributed by atoms with Crippen molar-refractivity contribution in [3.63, 3.8) is 0 Å². The van der Waals surface area contributed by atoms with Gasteiger partial charge in [-0.05, 0) is 164 Å². The maximum Gasteiger partial charge on any atom is 0.335 e. The molecule has 0 aliphatic carbocycles. The van der Waals surface area contributed by atoms with Gasteiger partial charge in [-0.3, -0.25) is 0 Å². The van der Waals surface area contributed by atoms with Crippen LogP contribution in [0.4, 0.5) is 0 Å². The van der Waals surface area contributed by atoms with Crippen molar-refractivity contribution in [3.8, 4) is 115 Å². The van der Waals surface area contributed by atoms with Gasteiger partial charge in [0.1, 0.15) is 22.6 Å². The molecule has 0 saturated carbocycles. The Bertz CT molecular complexity index is 5980. The molecule has 2 aliphatic heterocycles. The molecule has 109 heavy (non-hydrogen) atoms. The number of methoxy groups -OCH3 is 12. The minimum Gasteiger partial charge on any atom is -0.493 e. The number of hydrogen-bond acceptors (Lipinski definition) is 25. The highest BCUT2D eigenvalue weighted by atomic mass is 32.2. The molecule has 2 aliphatic rings.